The summed E-state index contributed by atoms with van der Waals surface area (Å²) in [5.41, 5.74) is 8.98. The monoisotopic (exact) mass is 232 g/mol. The van der Waals surface area contributed by atoms with Gasteiger partial charge in [0, 0.05) is 11.1 Å². The van der Waals surface area contributed by atoms with E-state index in [1.807, 2.05) is 0 Å². The molecule has 4 heteroatoms. The van der Waals surface area contributed by atoms with Gasteiger partial charge in [-0.25, -0.2) is 4.98 Å². The molecule has 0 radical (unpaired) electrons. The molecule has 3 nitrogen and oxygen atoms in total. The second-order valence-electron chi connectivity index (χ2n) is 4.32. The SMILES string of the molecule is CC1CCc2cc3c(N)c(C=O)sc3nc21. The van der Waals surface area contributed by atoms with Crippen molar-refractivity contribution in [3.05, 3.63) is 22.2 Å². The Kier molecular flexibility index (Phi) is 2.01. The predicted octanol–water partition coefficient (Wildman–Crippen LogP) is 2.74. The molecule has 3 rings (SSSR count). The number of aldehydes is 1. The molecule has 0 saturated heterocycles. The maximum atomic E-state index is 10.8. The van der Waals surface area contributed by atoms with Gasteiger partial charge in [-0.15, -0.1) is 11.3 Å². The van der Waals surface area contributed by atoms with Gasteiger partial charge in [0.2, 0.25) is 0 Å². The van der Waals surface area contributed by atoms with Gasteiger partial charge in [-0.05, 0) is 30.4 Å². The molecule has 0 fully saturated rings. The van der Waals surface area contributed by atoms with E-state index in [0.29, 0.717) is 16.5 Å². The third-order valence-electron chi connectivity index (χ3n) is 3.28. The van der Waals surface area contributed by atoms with Gasteiger partial charge >= 0.3 is 0 Å². The smallest absolute Gasteiger partial charge is 0.162 e. The van der Waals surface area contributed by atoms with Gasteiger partial charge in [-0.3, -0.25) is 4.79 Å². The van der Waals surface area contributed by atoms with E-state index in [1.54, 1.807) is 0 Å². The number of rotatable bonds is 1. The van der Waals surface area contributed by atoms with Crippen LogP contribution in [0.5, 0.6) is 0 Å². The number of pyridine rings is 1. The first-order valence-corrected chi connectivity index (χ1v) is 6.19. The molecule has 0 bridgehead atoms. The van der Waals surface area contributed by atoms with Crippen LogP contribution in [0.3, 0.4) is 0 Å². The van der Waals surface area contributed by atoms with E-state index in [2.05, 4.69) is 18.0 Å². The summed E-state index contributed by atoms with van der Waals surface area (Å²) >= 11 is 1.39. The van der Waals surface area contributed by atoms with Crippen LogP contribution in [0.4, 0.5) is 5.69 Å². The first-order valence-electron chi connectivity index (χ1n) is 5.37. The van der Waals surface area contributed by atoms with Crippen LogP contribution in [-0.4, -0.2) is 11.3 Å². The Balaban J connectivity index is 2.32. The summed E-state index contributed by atoms with van der Waals surface area (Å²) in [6, 6.07) is 2.11. The summed E-state index contributed by atoms with van der Waals surface area (Å²) in [6.45, 7) is 2.20. The molecule has 1 aliphatic rings. The molecule has 0 aromatic carbocycles. The van der Waals surface area contributed by atoms with Gasteiger partial charge < -0.3 is 5.73 Å². The topological polar surface area (TPSA) is 56.0 Å². The number of aryl methyl sites for hydroxylation is 1. The molecule has 2 N–H and O–H groups in total. The molecule has 82 valence electrons. The number of carbonyl (C=O) groups is 1. The number of nitrogens with two attached hydrogens (primary N) is 1. The van der Waals surface area contributed by atoms with E-state index in [0.717, 1.165) is 22.9 Å². The molecule has 0 amide bonds. The minimum absolute atomic E-state index is 0.530. The summed E-state index contributed by atoms with van der Waals surface area (Å²) in [5.74, 6) is 0.530. The summed E-state index contributed by atoms with van der Waals surface area (Å²) in [5, 5.41) is 0.944. The molecule has 16 heavy (non-hydrogen) atoms. The number of aromatic nitrogens is 1. The highest BCUT2D eigenvalue weighted by Gasteiger charge is 2.22. The van der Waals surface area contributed by atoms with Crippen molar-refractivity contribution in [1.29, 1.82) is 0 Å². The number of hydrogen-bond acceptors (Lipinski definition) is 4. The van der Waals surface area contributed by atoms with Crippen LogP contribution < -0.4 is 5.73 Å². The highest BCUT2D eigenvalue weighted by Crippen LogP contribution is 2.38. The molecule has 1 aliphatic carbocycles. The number of thiophene rings is 1. The number of anilines is 1. The maximum absolute atomic E-state index is 10.8. The molecule has 2 aromatic rings. The zero-order valence-electron chi connectivity index (χ0n) is 8.99. The highest BCUT2D eigenvalue weighted by atomic mass is 32.1. The van der Waals surface area contributed by atoms with Crippen LogP contribution in [0.1, 0.15) is 40.2 Å². The summed E-state index contributed by atoms with van der Waals surface area (Å²) < 4.78 is 0. The molecule has 1 unspecified atom stereocenters. The Morgan fingerprint density at radius 2 is 2.44 bits per heavy atom. The second kappa shape index (κ2) is 3.28. The van der Waals surface area contributed by atoms with E-state index in [1.165, 1.54) is 29.0 Å². The molecule has 2 heterocycles. The van der Waals surface area contributed by atoms with Crippen LogP contribution in [0, 0.1) is 0 Å². The van der Waals surface area contributed by atoms with Gasteiger partial charge in [-0.1, -0.05) is 6.92 Å². The van der Waals surface area contributed by atoms with Crippen molar-refractivity contribution in [2.75, 3.05) is 5.73 Å². The number of nitrogen functional groups attached to an aromatic ring is 1. The Morgan fingerprint density at radius 3 is 3.19 bits per heavy atom. The third kappa shape index (κ3) is 1.19. The zero-order chi connectivity index (χ0) is 11.3. The van der Waals surface area contributed by atoms with Crippen LogP contribution >= 0.6 is 11.3 Å². The van der Waals surface area contributed by atoms with Crippen LogP contribution in [-0.2, 0) is 6.42 Å². The molecule has 0 saturated carbocycles. The fourth-order valence-electron chi connectivity index (χ4n) is 2.34. The van der Waals surface area contributed by atoms with Crippen LogP contribution in [0.25, 0.3) is 10.2 Å². The molecular formula is C12H12N2OS. The van der Waals surface area contributed by atoms with Crippen molar-refractivity contribution in [3.63, 3.8) is 0 Å². The lowest BCUT2D eigenvalue weighted by Crippen LogP contribution is -1.92. The Labute approximate surface area is 97.3 Å². The number of hydrogen-bond donors (Lipinski definition) is 1. The highest BCUT2D eigenvalue weighted by molar-refractivity contribution is 7.20. The predicted molar refractivity (Wildman–Crippen MR) is 66.2 cm³/mol. The Bertz CT molecular complexity index is 588. The van der Waals surface area contributed by atoms with E-state index in [-0.39, 0.29) is 0 Å². The fraction of sp³-hybridized carbons (Fsp3) is 0.333. The molecule has 1 atom stereocenters. The Morgan fingerprint density at radius 1 is 1.62 bits per heavy atom. The summed E-state index contributed by atoms with van der Waals surface area (Å²) in [7, 11) is 0. The van der Waals surface area contributed by atoms with Gasteiger partial charge in [0.05, 0.1) is 10.6 Å². The lowest BCUT2D eigenvalue weighted by molar-refractivity contribution is 0.112. The number of carbonyl (C=O) groups excluding carboxylic acids is 1. The fourth-order valence-corrected chi connectivity index (χ4v) is 3.24. The average molecular weight is 232 g/mol. The lowest BCUT2D eigenvalue weighted by atomic mass is 10.1. The van der Waals surface area contributed by atoms with Crippen molar-refractivity contribution in [2.45, 2.75) is 25.7 Å². The first kappa shape index (κ1) is 9.78. The van der Waals surface area contributed by atoms with Gasteiger partial charge in [-0.2, -0.15) is 0 Å². The largest absolute Gasteiger partial charge is 0.397 e. The second-order valence-corrected chi connectivity index (χ2v) is 5.35. The van der Waals surface area contributed by atoms with Crippen molar-refractivity contribution in [3.8, 4) is 0 Å². The minimum Gasteiger partial charge on any atom is -0.397 e. The van der Waals surface area contributed by atoms with Crippen molar-refractivity contribution in [2.24, 2.45) is 0 Å². The quantitative estimate of drug-likeness (QED) is 0.769. The summed E-state index contributed by atoms with van der Waals surface area (Å²) in [4.78, 5) is 17.0. The third-order valence-corrected chi connectivity index (χ3v) is 4.32. The number of nitrogens with zero attached hydrogens (tertiary/aromatic N) is 1. The summed E-state index contributed by atoms with van der Waals surface area (Å²) in [6.07, 6.45) is 3.06. The molecular weight excluding hydrogens is 220 g/mol. The van der Waals surface area contributed by atoms with Crippen LogP contribution in [0.2, 0.25) is 0 Å². The number of fused-ring (bicyclic) bond motifs is 2. The van der Waals surface area contributed by atoms with E-state index < -0.39 is 0 Å². The van der Waals surface area contributed by atoms with Gasteiger partial charge in [0.15, 0.2) is 6.29 Å². The Hall–Kier alpha value is -1.42. The van der Waals surface area contributed by atoms with Crippen LogP contribution in [0.15, 0.2) is 6.07 Å². The molecule has 0 aliphatic heterocycles. The molecule has 2 aromatic heterocycles. The first-order chi connectivity index (χ1) is 7.70. The average Bonchev–Trinajstić information content (AvgIpc) is 2.80. The van der Waals surface area contributed by atoms with E-state index in [4.69, 9.17) is 5.73 Å². The normalized spacial score (nSPS) is 18.9. The molecule has 0 spiro atoms. The van der Waals surface area contributed by atoms with Gasteiger partial charge in [0.25, 0.3) is 0 Å². The minimum atomic E-state index is 0.530. The van der Waals surface area contributed by atoms with E-state index >= 15 is 0 Å². The standard InChI is InChI=1S/C12H12N2OS/c1-6-2-3-7-4-8-10(13)9(5-15)16-12(8)14-11(6)7/h4-6H,2-3,13H2,1H3. The maximum Gasteiger partial charge on any atom is 0.162 e. The van der Waals surface area contributed by atoms with E-state index in [9.17, 15) is 4.79 Å². The van der Waals surface area contributed by atoms with Crippen molar-refractivity contribution >= 4 is 33.5 Å². The van der Waals surface area contributed by atoms with Gasteiger partial charge in [0.1, 0.15) is 4.83 Å². The zero-order valence-corrected chi connectivity index (χ0v) is 9.80. The van der Waals surface area contributed by atoms with Crippen molar-refractivity contribution in [1.82, 2.24) is 4.98 Å². The lowest BCUT2D eigenvalue weighted by Gasteiger charge is -2.02. The van der Waals surface area contributed by atoms with Crippen molar-refractivity contribution < 1.29 is 4.79 Å².